The van der Waals surface area contributed by atoms with Gasteiger partial charge in [-0.25, -0.2) is 0 Å². The minimum atomic E-state index is -0.658. The van der Waals surface area contributed by atoms with Crippen molar-refractivity contribution in [3.8, 4) is 5.75 Å². The summed E-state index contributed by atoms with van der Waals surface area (Å²) in [5.41, 5.74) is 3.20. The number of hydrogen-bond acceptors (Lipinski definition) is 3. The van der Waals surface area contributed by atoms with Crippen LogP contribution in [0.1, 0.15) is 35.3 Å². The molecular formula is C21H26N2O3. The van der Waals surface area contributed by atoms with E-state index in [1.165, 1.54) is 0 Å². The van der Waals surface area contributed by atoms with E-state index < -0.39 is 6.04 Å². The molecule has 0 aliphatic carbocycles. The fraction of sp³-hybridized carbons (Fsp3) is 0.333. The Balaban J connectivity index is 2.16. The van der Waals surface area contributed by atoms with Gasteiger partial charge in [-0.2, -0.15) is 0 Å². The molecule has 0 saturated heterocycles. The van der Waals surface area contributed by atoms with Crippen LogP contribution in [0.15, 0.2) is 42.5 Å². The van der Waals surface area contributed by atoms with E-state index >= 15 is 0 Å². The average Bonchev–Trinajstić information content (AvgIpc) is 2.59. The molecule has 0 aromatic heterocycles. The quantitative estimate of drug-likeness (QED) is 0.831. The van der Waals surface area contributed by atoms with Gasteiger partial charge < -0.3 is 15.4 Å². The Morgan fingerprint density at radius 3 is 2.15 bits per heavy atom. The Labute approximate surface area is 154 Å². The van der Waals surface area contributed by atoms with E-state index in [0.29, 0.717) is 17.0 Å². The predicted molar refractivity (Wildman–Crippen MR) is 104 cm³/mol. The number of ether oxygens (including phenoxy) is 1. The summed E-state index contributed by atoms with van der Waals surface area (Å²) in [6.45, 7) is 7.69. The van der Waals surface area contributed by atoms with Crippen LogP contribution >= 0.6 is 0 Å². The van der Waals surface area contributed by atoms with Crippen molar-refractivity contribution >= 4 is 17.5 Å². The van der Waals surface area contributed by atoms with Crippen molar-refractivity contribution in [2.75, 3.05) is 12.4 Å². The number of methoxy groups -OCH3 is 1. The first-order chi connectivity index (χ1) is 12.3. The van der Waals surface area contributed by atoms with Crippen LogP contribution in [0.25, 0.3) is 0 Å². The van der Waals surface area contributed by atoms with Crippen molar-refractivity contribution in [1.29, 1.82) is 0 Å². The van der Waals surface area contributed by atoms with Gasteiger partial charge in [-0.15, -0.1) is 0 Å². The van der Waals surface area contributed by atoms with Crippen LogP contribution < -0.4 is 15.4 Å². The summed E-state index contributed by atoms with van der Waals surface area (Å²) in [6, 6.07) is 12.2. The molecule has 5 nitrogen and oxygen atoms in total. The monoisotopic (exact) mass is 354 g/mol. The third-order valence-electron chi connectivity index (χ3n) is 4.16. The fourth-order valence-electron chi connectivity index (χ4n) is 2.59. The molecule has 138 valence electrons. The van der Waals surface area contributed by atoms with Crippen LogP contribution in [-0.4, -0.2) is 25.0 Å². The molecular weight excluding hydrogens is 328 g/mol. The van der Waals surface area contributed by atoms with Gasteiger partial charge in [0.15, 0.2) is 0 Å². The Bertz CT molecular complexity index is 782. The molecule has 0 aliphatic rings. The van der Waals surface area contributed by atoms with Crippen molar-refractivity contribution in [2.45, 2.75) is 33.7 Å². The highest BCUT2D eigenvalue weighted by atomic mass is 16.5. The van der Waals surface area contributed by atoms with Gasteiger partial charge in [0.05, 0.1) is 12.8 Å². The molecule has 0 radical (unpaired) electrons. The first-order valence-electron chi connectivity index (χ1n) is 8.65. The number of carbonyl (C=O) groups excluding carboxylic acids is 2. The summed E-state index contributed by atoms with van der Waals surface area (Å²) >= 11 is 0. The lowest BCUT2D eigenvalue weighted by Crippen LogP contribution is -2.47. The van der Waals surface area contributed by atoms with Crippen LogP contribution in [0, 0.1) is 19.8 Å². The first-order valence-corrected chi connectivity index (χ1v) is 8.65. The fourth-order valence-corrected chi connectivity index (χ4v) is 2.59. The zero-order valence-electron chi connectivity index (χ0n) is 15.9. The minimum Gasteiger partial charge on any atom is -0.495 e. The maximum Gasteiger partial charge on any atom is 0.251 e. The number of anilines is 1. The molecule has 1 unspecified atom stereocenters. The second kappa shape index (κ2) is 8.52. The maximum absolute atomic E-state index is 12.8. The molecule has 0 bridgehead atoms. The number of nitrogens with one attached hydrogen (secondary N) is 2. The Morgan fingerprint density at radius 1 is 0.962 bits per heavy atom. The second-order valence-corrected chi connectivity index (χ2v) is 6.75. The number of hydrogen-bond donors (Lipinski definition) is 2. The van der Waals surface area contributed by atoms with Gasteiger partial charge in [0.1, 0.15) is 11.8 Å². The lowest BCUT2D eigenvalue weighted by atomic mass is 10.0. The van der Waals surface area contributed by atoms with Gasteiger partial charge in [0.25, 0.3) is 5.91 Å². The third kappa shape index (κ3) is 4.85. The molecule has 2 aromatic rings. The van der Waals surface area contributed by atoms with Crippen molar-refractivity contribution in [3.05, 3.63) is 59.2 Å². The molecule has 5 heteroatoms. The van der Waals surface area contributed by atoms with E-state index in [2.05, 4.69) is 10.6 Å². The van der Waals surface area contributed by atoms with Crippen molar-refractivity contribution in [3.63, 3.8) is 0 Å². The molecule has 2 N–H and O–H groups in total. The van der Waals surface area contributed by atoms with E-state index in [0.717, 1.165) is 11.1 Å². The molecule has 0 heterocycles. The second-order valence-electron chi connectivity index (χ2n) is 6.75. The van der Waals surface area contributed by atoms with Gasteiger partial charge >= 0.3 is 0 Å². The number of benzene rings is 2. The molecule has 0 spiro atoms. The third-order valence-corrected chi connectivity index (χ3v) is 4.16. The number of amides is 2. The van der Waals surface area contributed by atoms with Crippen molar-refractivity contribution < 1.29 is 14.3 Å². The summed E-state index contributed by atoms with van der Waals surface area (Å²) in [5.74, 6) is -0.0315. The number of rotatable bonds is 6. The molecule has 1 atom stereocenters. The van der Waals surface area contributed by atoms with Gasteiger partial charge in [0, 0.05) is 5.56 Å². The summed E-state index contributed by atoms with van der Waals surface area (Å²) in [5, 5.41) is 5.70. The van der Waals surface area contributed by atoms with Gasteiger partial charge in [-0.05, 0) is 49.6 Å². The zero-order valence-corrected chi connectivity index (χ0v) is 15.9. The van der Waals surface area contributed by atoms with Crippen LogP contribution in [0.5, 0.6) is 5.75 Å². The molecule has 0 aliphatic heterocycles. The predicted octanol–water partition coefficient (Wildman–Crippen LogP) is 3.71. The number of carbonyl (C=O) groups is 2. The standard InChI is InChI=1S/C21H26N2O3/c1-13(2)19(23-20(24)16-9-6-14(3)7-10-16)21(25)22-17-12-15(4)8-11-18(17)26-5/h6-13,19H,1-5H3,(H,22,25)(H,23,24). The highest BCUT2D eigenvalue weighted by Gasteiger charge is 2.25. The van der Waals surface area contributed by atoms with Crippen molar-refractivity contribution in [1.82, 2.24) is 5.32 Å². The Hall–Kier alpha value is -2.82. The van der Waals surface area contributed by atoms with Gasteiger partial charge in [-0.1, -0.05) is 37.6 Å². The first kappa shape index (κ1) is 19.5. The van der Waals surface area contributed by atoms with Gasteiger partial charge in [0.2, 0.25) is 5.91 Å². The summed E-state index contributed by atoms with van der Waals surface area (Å²) in [7, 11) is 1.55. The summed E-state index contributed by atoms with van der Waals surface area (Å²) in [4.78, 5) is 25.3. The van der Waals surface area contributed by atoms with E-state index in [-0.39, 0.29) is 17.7 Å². The average molecular weight is 354 g/mol. The van der Waals surface area contributed by atoms with Crippen LogP contribution in [0.4, 0.5) is 5.69 Å². The smallest absolute Gasteiger partial charge is 0.251 e. The zero-order chi connectivity index (χ0) is 19.3. The highest BCUT2D eigenvalue weighted by molar-refractivity contribution is 6.01. The van der Waals surface area contributed by atoms with E-state index in [4.69, 9.17) is 4.74 Å². The lowest BCUT2D eigenvalue weighted by molar-refractivity contribution is -0.118. The Kier molecular flexibility index (Phi) is 6.39. The molecule has 26 heavy (non-hydrogen) atoms. The van der Waals surface area contributed by atoms with E-state index in [9.17, 15) is 9.59 Å². The topological polar surface area (TPSA) is 67.4 Å². The molecule has 0 fully saturated rings. The van der Waals surface area contributed by atoms with Crippen LogP contribution in [0.3, 0.4) is 0 Å². The Morgan fingerprint density at radius 2 is 1.58 bits per heavy atom. The normalized spacial score (nSPS) is 11.8. The largest absolute Gasteiger partial charge is 0.495 e. The van der Waals surface area contributed by atoms with E-state index in [1.807, 2.05) is 52.0 Å². The maximum atomic E-state index is 12.8. The highest BCUT2D eigenvalue weighted by Crippen LogP contribution is 2.25. The lowest BCUT2D eigenvalue weighted by Gasteiger charge is -2.22. The summed E-state index contributed by atoms with van der Waals surface area (Å²) in [6.07, 6.45) is 0. The molecule has 2 rings (SSSR count). The van der Waals surface area contributed by atoms with Crippen LogP contribution in [0.2, 0.25) is 0 Å². The van der Waals surface area contributed by atoms with Crippen LogP contribution in [-0.2, 0) is 4.79 Å². The van der Waals surface area contributed by atoms with Crippen molar-refractivity contribution in [2.24, 2.45) is 5.92 Å². The molecule has 0 saturated carbocycles. The SMILES string of the molecule is COc1ccc(C)cc1NC(=O)C(NC(=O)c1ccc(C)cc1)C(C)C. The molecule has 2 amide bonds. The summed E-state index contributed by atoms with van der Waals surface area (Å²) < 4.78 is 5.30. The van der Waals surface area contributed by atoms with E-state index in [1.54, 1.807) is 25.3 Å². The minimum absolute atomic E-state index is 0.0693. The number of aryl methyl sites for hydroxylation is 2. The van der Waals surface area contributed by atoms with Gasteiger partial charge in [-0.3, -0.25) is 9.59 Å². The molecule has 2 aromatic carbocycles.